The van der Waals surface area contributed by atoms with Gasteiger partial charge >= 0.3 is 12.3 Å². The Morgan fingerprint density at radius 1 is 1.03 bits per heavy atom. The number of ketones is 1. The topological polar surface area (TPSA) is 66.9 Å². The number of hydrogen-bond acceptors (Lipinski definition) is 4. The minimum atomic E-state index is -4.82. The minimum Gasteiger partial charge on any atom is -0.444 e. The molecule has 2 aliphatic rings. The van der Waals surface area contributed by atoms with E-state index in [0.717, 1.165) is 17.0 Å². The molecular formula is C22H18F4N2O4. The van der Waals surface area contributed by atoms with Gasteiger partial charge in [-0.3, -0.25) is 14.5 Å². The van der Waals surface area contributed by atoms with Gasteiger partial charge in [0.15, 0.2) is 5.78 Å². The summed E-state index contributed by atoms with van der Waals surface area (Å²) in [5, 5.41) is 0. The van der Waals surface area contributed by atoms with Gasteiger partial charge in [-0.1, -0.05) is 24.3 Å². The molecule has 2 atom stereocenters. The fraction of sp³-hybridized carbons (Fsp3) is 0.318. The summed E-state index contributed by atoms with van der Waals surface area (Å²) in [6, 6.07) is 9.34. The molecule has 2 aromatic carbocycles. The fourth-order valence-corrected chi connectivity index (χ4v) is 4.23. The van der Waals surface area contributed by atoms with Crippen LogP contribution in [0.2, 0.25) is 0 Å². The molecule has 2 saturated heterocycles. The zero-order valence-electron chi connectivity index (χ0n) is 16.6. The van der Waals surface area contributed by atoms with E-state index in [1.807, 2.05) is 0 Å². The molecule has 0 aromatic heterocycles. The van der Waals surface area contributed by atoms with E-state index in [1.165, 1.54) is 4.90 Å². The number of benzene rings is 2. The number of carbonyl (C=O) groups is 3. The Kier molecular flexibility index (Phi) is 5.62. The van der Waals surface area contributed by atoms with Crippen molar-refractivity contribution in [1.29, 1.82) is 0 Å². The lowest BCUT2D eigenvalue weighted by Gasteiger charge is -2.24. The van der Waals surface area contributed by atoms with E-state index in [-0.39, 0.29) is 24.8 Å². The number of nitrogens with zero attached hydrogens (tertiary/aromatic N) is 2. The highest BCUT2D eigenvalue weighted by molar-refractivity contribution is 6.02. The molecule has 10 heteroatoms. The van der Waals surface area contributed by atoms with Gasteiger partial charge in [0.05, 0.1) is 18.2 Å². The predicted octanol–water partition coefficient (Wildman–Crippen LogP) is 3.65. The summed E-state index contributed by atoms with van der Waals surface area (Å²) in [4.78, 5) is 40.4. The van der Waals surface area contributed by atoms with E-state index in [1.54, 1.807) is 30.3 Å². The van der Waals surface area contributed by atoms with Gasteiger partial charge in [0.2, 0.25) is 0 Å². The van der Waals surface area contributed by atoms with Crippen molar-refractivity contribution in [2.24, 2.45) is 0 Å². The summed E-state index contributed by atoms with van der Waals surface area (Å²) in [6.07, 6.45) is -5.53. The number of halogens is 4. The van der Waals surface area contributed by atoms with E-state index in [4.69, 9.17) is 4.74 Å². The van der Waals surface area contributed by atoms with Crippen LogP contribution in [0.4, 0.5) is 22.4 Å². The maximum Gasteiger partial charge on any atom is 0.416 e. The number of alkyl halides is 3. The molecule has 0 spiro atoms. The van der Waals surface area contributed by atoms with Crippen LogP contribution in [0.15, 0.2) is 48.5 Å². The van der Waals surface area contributed by atoms with Gasteiger partial charge < -0.3 is 9.64 Å². The Bertz CT molecular complexity index is 1060. The van der Waals surface area contributed by atoms with Crippen molar-refractivity contribution >= 4 is 17.8 Å². The van der Waals surface area contributed by atoms with Crippen LogP contribution in [-0.2, 0) is 22.3 Å². The summed E-state index contributed by atoms with van der Waals surface area (Å²) < 4.78 is 58.4. The summed E-state index contributed by atoms with van der Waals surface area (Å²) in [5.74, 6) is -1.86. The second-order valence-electron chi connectivity index (χ2n) is 7.58. The van der Waals surface area contributed by atoms with Gasteiger partial charge in [-0.15, -0.1) is 0 Å². The van der Waals surface area contributed by atoms with E-state index in [2.05, 4.69) is 0 Å². The molecule has 0 bridgehead atoms. The second kappa shape index (κ2) is 8.25. The second-order valence-corrected chi connectivity index (χ2v) is 7.58. The third-order valence-corrected chi connectivity index (χ3v) is 5.70. The number of ether oxygens (including phenoxy) is 1. The van der Waals surface area contributed by atoms with Crippen LogP contribution < -0.4 is 0 Å². The average Bonchev–Trinajstić information content (AvgIpc) is 3.33. The van der Waals surface area contributed by atoms with Gasteiger partial charge in [-0.05, 0) is 30.7 Å². The Morgan fingerprint density at radius 3 is 2.44 bits per heavy atom. The zero-order valence-corrected chi connectivity index (χ0v) is 16.6. The predicted molar refractivity (Wildman–Crippen MR) is 103 cm³/mol. The van der Waals surface area contributed by atoms with E-state index in [9.17, 15) is 31.9 Å². The van der Waals surface area contributed by atoms with Crippen LogP contribution in [0.5, 0.6) is 0 Å². The summed E-state index contributed by atoms with van der Waals surface area (Å²) >= 11 is 0. The number of hydrogen-bond donors (Lipinski definition) is 0. The molecule has 0 radical (unpaired) electrons. The molecule has 0 unspecified atom stereocenters. The molecule has 0 aliphatic carbocycles. The van der Waals surface area contributed by atoms with Crippen molar-refractivity contribution in [2.45, 2.75) is 31.3 Å². The van der Waals surface area contributed by atoms with Gasteiger partial charge in [0.25, 0.3) is 5.91 Å². The molecule has 6 nitrogen and oxygen atoms in total. The maximum atomic E-state index is 14.0. The van der Waals surface area contributed by atoms with Crippen LogP contribution in [0.25, 0.3) is 0 Å². The fourth-order valence-electron chi connectivity index (χ4n) is 4.23. The highest BCUT2D eigenvalue weighted by Gasteiger charge is 2.52. The monoisotopic (exact) mass is 450 g/mol. The van der Waals surface area contributed by atoms with Crippen LogP contribution in [0.1, 0.15) is 27.9 Å². The zero-order chi connectivity index (χ0) is 23.0. The minimum absolute atomic E-state index is 0.0852. The van der Waals surface area contributed by atoms with Crippen molar-refractivity contribution in [3.63, 3.8) is 0 Å². The summed E-state index contributed by atoms with van der Waals surface area (Å²) in [5.41, 5.74) is -1.62. The molecular weight excluding hydrogens is 432 g/mol. The van der Waals surface area contributed by atoms with E-state index < -0.39 is 47.9 Å². The normalized spacial score (nSPS) is 20.4. The Hall–Kier alpha value is -3.43. The number of amides is 2. The number of carbonyl (C=O) groups excluding carboxylic acids is 3. The maximum absolute atomic E-state index is 14.0. The molecule has 32 heavy (non-hydrogen) atoms. The number of fused-ring (bicyclic) bond motifs is 1. The average molecular weight is 450 g/mol. The SMILES string of the molecule is O=C1CN(C(=O)c2ccccc2)[C@@H]2CCN(C(=O)OCc3c(F)cccc3C(F)(F)F)[C@H]12. The highest BCUT2D eigenvalue weighted by Crippen LogP contribution is 2.34. The van der Waals surface area contributed by atoms with Crippen molar-refractivity contribution in [1.82, 2.24) is 9.80 Å². The highest BCUT2D eigenvalue weighted by atomic mass is 19.4. The molecule has 2 heterocycles. The Morgan fingerprint density at radius 2 is 1.75 bits per heavy atom. The molecule has 0 saturated carbocycles. The Labute approximate surface area is 180 Å². The van der Waals surface area contributed by atoms with Gasteiger partial charge in [-0.2, -0.15) is 13.2 Å². The molecule has 2 aliphatic heterocycles. The molecule has 168 valence electrons. The van der Waals surface area contributed by atoms with Gasteiger partial charge in [-0.25, -0.2) is 9.18 Å². The first-order chi connectivity index (χ1) is 15.2. The van der Waals surface area contributed by atoms with Gasteiger partial charge in [0, 0.05) is 17.7 Å². The number of rotatable bonds is 3. The van der Waals surface area contributed by atoms with Crippen LogP contribution in [0, 0.1) is 5.82 Å². The van der Waals surface area contributed by atoms with E-state index >= 15 is 0 Å². The smallest absolute Gasteiger partial charge is 0.416 e. The lowest BCUT2D eigenvalue weighted by Crippen LogP contribution is -2.43. The summed E-state index contributed by atoms with van der Waals surface area (Å²) in [7, 11) is 0. The first kappa shape index (κ1) is 21.8. The molecule has 0 N–H and O–H groups in total. The van der Waals surface area contributed by atoms with E-state index in [0.29, 0.717) is 18.1 Å². The lowest BCUT2D eigenvalue weighted by molar-refractivity contribution is -0.139. The molecule has 2 fully saturated rings. The molecule has 2 amide bonds. The van der Waals surface area contributed by atoms with Crippen molar-refractivity contribution in [3.05, 3.63) is 71.0 Å². The molecule has 4 rings (SSSR count). The third kappa shape index (κ3) is 3.92. The first-order valence-corrected chi connectivity index (χ1v) is 9.85. The quantitative estimate of drug-likeness (QED) is 0.670. The largest absolute Gasteiger partial charge is 0.444 e. The standard InChI is InChI=1S/C22H18F4N2O4/c23-16-8-4-7-15(22(24,25)26)14(16)12-32-21(31)27-10-9-17-19(27)18(29)11-28(17)20(30)13-5-2-1-3-6-13/h1-8,17,19H,9-12H2/t17-,19+/m1/s1. The van der Waals surface area contributed by atoms with Crippen LogP contribution in [0.3, 0.4) is 0 Å². The number of likely N-dealkylation sites (tertiary alicyclic amines) is 2. The van der Waals surface area contributed by atoms with Crippen molar-refractivity contribution < 1.29 is 36.7 Å². The van der Waals surface area contributed by atoms with Crippen LogP contribution >= 0.6 is 0 Å². The summed E-state index contributed by atoms with van der Waals surface area (Å²) in [6.45, 7) is -1.03. The van der Waals surface area contributed by atoms with Crippen LogP contribution in [-0.4, -0.2) is 52.8 Å². The van der Waals surface area contributed by atoms with Crippen molar-refractivity contribution in [3.8, 4) is 0 Å². The lowest BCUT2D eigenvalue weighted by atomic mass is 10.1. The van der Waals surface area contributed by atoms with Gasteiger partial charge in [0.1, 0.15) is 18.5 Å². The third-order valence-electron chi connectivity index (χ3n) is 5.70. The Balaban J connectivity index is 1.47. The van der Waals surface area contributed by atoms with Crippen molar-refractivity contribution in [2.75, 3.05) is 13.1 Å². The first-order valence-electron chi connectivity index (χ1n) is 9.85. The molecule has 2 aromatic rings. The number of Topliss-reactive ketones (excluding diaryl/α,β-unsaturated/α-hetero) is 1.